The van der Waals surface area contributed by atoms with Crippen LogP contribution in [0, 0.1) is 11.7 Å². The highest BCUT2D eigenvalue weighted by molar-refractivity contribution is 7.10. The summed E-state index contributed by atoms with van der Waals surface area (Å²) in [5.41, 5.74) is 0.680. The van der Waals surface area contributed by atoms with Gasteiger partial charge < -0.3 is 10.2 Å². The van der Waals surface area contributed by atoms with Gasteiger partial charge in [0, 0.05) is 43.0 Å². The van der Waals surface area contributed by atoms with Crippen molar-refractivity contribution in [1.82, 2.24) is 10.2 Å². The molecule has 2 heterocycles. The van der Waals surface area contributed by atoms with Gasteiger partial charge in [-0.15, -0.1) is 11.3 Å². The molecule has 0 unspecified atom stereocenters. The molecule has 6 heteroatoms. The lowest BCUT2D eigenvalue weighted by Crippen LogP contribution is -2.52. The van der Waals surface area contributed by atoms with Gasteiger partial charge in [-0.25, -0.2) is 4.39 Å². The summed E-state index contributed by atoms with van der Waals surface area (Å²) < 4.78 is 14.1. The Bertz CT molecular complexity index is 769. The van der Waals surface area contributed by atoms with Gasteiger partial charge in [-0.1, -0.05) is 18.2 Å². The maximum absolute atomic E-state index is 14.1. The average molecular weight is 388 g/mol. The monoisotopic (exact) mass is 387 g/mol. The standard InChI is InChI=1S/C21H26FN3OS/c1-15(23-21(26)16-8-9-16)20(19-7-4-14-27-19)25-12-10-24(11-13-25)18-6-3-2-5-17(18)22/h2-7,14-16,20H,8-13H2,1H3,(H,23,26)/t15-,20-/m1/s1. The number of halogens is 1. The second kappa shape index (κ2) is 7.98. The predicted molar refractivity (Wildman–Crippen MR) is 108 cm³/mol. The summed E-state index contributed by atoms with van der Waals surface area (Å²) in [6.07, 6.45) is 2.03. The molecular weight excluding hydrogens is 361 g/mol. The fourth-order valence-electron chi connectivity index (χ4n) is 3.92. The number of carbonyl (C=O) groups excluding carboxylic acids is 1. The van der Waals surface area contributed by atoms with Crippen LogP contribution < -0.4 is 10.2 Å². The van der Waals surface area contributed by atoms with E-state index >= 15 is 0 Å². The van der Waals surface area contributed by atoms with Gasteiger partial charge in [0.25, 0.3) is 0 Å². The van der Waals surface area contributed by atoms with E-state index in [1.54, 1.807) is 17.4 Å². The Hall–Kier alpha value is -1.92. The molecule has 1 aliphatic heterocycles. The van der Waals surface area contributed by atoms with Crippen molar-refractivity contribution < 1.29 is 9.18 Å². The molecule has 2 fully saturated rings. The van der Waals surface area contributed by atoms with Gasteiger partial charge in [-0.05, 0) is 43.3 Å². The zero-order valence-corrected chi connectivity index (χ0v) is 16.4. The number of piperazine rings is 1. The Morgan fingerprint density at radius 3 is 2.52 bits per heavy atom. The molecule has 2 aliphatic rings. The number of benzene rings is 1. The SMILES string of the molecule is C[C@@H](NC(=O)C1CC1)[C@H](c1cccs1)N1CCN(c2ccccc2F)CC1. The number of nitrogens with zero attached hydrogens (tertiary/aromatic N) is 2. The fourth-order valence-corrected chi connectivity index (χ4v) is 4.88. The van der Waals surface area contributed by atoms with Crippen LogP contribution in [-0.4, -0.2) is 43.0 Å². The van der Waals surface area contributed by atoms with E-state index in [4.69, 9.17) is 0 Å². The Morgan fingerprint density at radius 1 is 1.15 bits per heavy atom. The first-order valence-electron chi connectivity index (χ1n) is 9.71. The minimum absolute atomic E-state index is 0.0526. The molecule has 0 spiro atoms. The number of thiophene rings is 1. The maximum Gasteiger partial charge on any atom is 0.223 e. The lowest BCUT2D eigenvalue weighted by Gasteiger charge is -2.42. The minimum atomic E-state index is -0.161. The first-order chi connectivity index (χ1) is 13.1. The number of anilines is 1. The van der Waals surface area contributed by atoms with Crippen LogP contribution in [0.4, 0.5) is 10.1 Å². The largest absolute Gasteiger partial charge is 0.367 e. The van der Waals surface area contributed by atoms with Gasteiger partial charge in [-0.2, -0.15) is 0 Å². The highest BCUT2D eigenvalue weighted by atomic mass is 32.1. The van der Waals surface area contributed by atoms with Crippen molar-refractivity contribution in [3.63, 3.8) is 0 Å². The van der Waals surface area contributed by atoms with Crippen LogP contribution in [0.2, 0.25) is 0 Å². The fraction of sp³-hybridized carbons (Fsp3) is 0.476. The van der Waals surface area contributed by atoms with Crippen molar-refractivity contribution in [1.29, 1.82) is 0 Å². The Kier molecular flexibility index (Phi) is 5.45. The summed E-state index contributed by atoms with van der Waals surface area (Å²) >= 11 is 1.74. The van der Waals surface area contributed by atoms with Crippen molar-refractivity contribution >= 4 is 22.9 Å². The van der Waals surface area contributed by atoms with Crippen LogP contribution >= 0.6 is 11.3 Å². The van der Waals surface area contributed by atoms with E-state index in [9.17, 15) is 9.18 Å². The van der Waals surface area contributed by atoms with Gasteiger partial charge in [-0.3, -0.25) is 9.69 Å². The van der Waals surface area contributed by atoms with Gasteiger partial charge in [0.2, 0.25) is 5.91 Å². The van der Waals surface area contributed by atoms with Crippen molar-refractivity contribution in [3.05, 3.63) is 52.5 Å². The van der Waals surface area contributed by atoms with Crippen LogP contribution in [0.25, 0.3) is 0 Å². The highest BCUT2D eigenvalue weighted by Crippen LogP contribution is 2.33. The Labute approximate surface area is 164 Å². The molecule has 1 saturated heterocycles. The van der Waals surface area contributed by atoms with Crippen LogP contribution in [0.15, 0.2) is 41.8 Å². The number of para-hydroxylation sites is 1. The molecule has 1 N–H and O–H groups in total. The smallest absolute Gasteiger partial charge is 0.223 e. The molecule has 1 aromatic heterocycles. The number of carbonyl (C=O) groups is 1. The topological polar surface area (TPSA) is 35.6 Å². The summed E-state index contributed by atoms with van der Waals surface area (Å²) in [6.45, 7) is 5.37. The number of amides is 1. The molecule has 1 aliphatic carbocycles. The third-order valence-corrected chi connectivity index (χ3v) is 6.47. The van der Waals surface area contributed by atoms with Gasteiger partial charge in [0.1, 0.15) is 5.82 Å². The Balaban J connectivity index is 1.45. The lowest BCUT2D eigenvalue weighted by molar-refractivity contribution is -0.123. The zero-order chi connectivity index (χ0) is 18.8. The molecular formula is C21H26FN3OS. The number of hydrogen-bond acceptors (Lipinski definition) is 4. The quantitative estimate of drug-likeness (QED) is 0.822. The number of rotatable bonds is 6. The summed E-state index contributed by atoms with van der Waals surface area (Å²) in [7, 11) is 0. The Morgan fingerprint density at radius 2 is 1.89 bits per heavy atom. The summed E-state index contributed by atoms with van der Waals surface area (Å²) in [5, 5.41) is 5.32. The normalized spacial score (nSPS) is 20.3. The van der Waals surface area contributed by atoms with Crippen LogP contribution in [0.1, 0.15) is 30.7 Å². The average Bonchev–Trinajstić information content (AvgIpc) is 3.40. The minimum Gasteiger partial charge on any atom is -0.367 e. The van der Waals surface area contributed by atoms with E-state index in [2.05, 4.69) is 39.6 Å². The molecule has 2 atom stereocenters. The summed E-state index contributed by atoms with van der Waals surface area (Å²) in [5.74, 6) is 0.245. The van der Waals surface area contributed by atoms with E-state index in [1.165, 1.54) is 10.9 Å². The van der Waals surface area contributed by atoms with Crippen LogP contribution in [-0.2, 0) is 4.79 Å². The van der Waals surface area contributed by atoms with E-state index in [-0.39, 0.29) is 29.7 Å². The van der Waals surface area contributed by atoms with Gasteiger partial charge >= 0.3 is 0 Å². The second-order valence-electron chi connectivity index (χ2n) is 7.51. The van der Waals surface area contributed by atoms with E-state index in [1.807, 2.05) is 12.1 Å². The van der Waals surface area contributed by atoms with Crippen LogP contribution in [0.5, 0.6) is 0 Å². The molecule has 27 heavy (non-hydrogen) atoms. The number of nitrogens with one attached hydrogen (secondary N) is 1. The predicted octanol–water partition coefficient (Wildman–Crippen LogP) is 3.67. The first-order valence-corrected chi connectivity index (χ1v) is 10.6. The maximum atomic E-state index is 14.1. The molecule has 1 amide bonds. The van der Waals surface area contributed by atoms with E-state index < -0.39 is 0 Å². The highest BCUT2D eigenvalue weighted by Gasteiger charge is 2.35. The summed E-state index contributed by atoms with van der Waals surface area (Å²) in [4.78, 5) is 18.1. The summed E-state index contributed by atoms with van der Waals surface area (Å²) in [6, 6.07) is 11.4. The van der Waals surface area contributed by atoms with Gasteiger partial charge in [0.15, 0.2) is 0 Å². The number of hydrogen-bond donors (Lipinski definition) is 1. The molecule has 144 valence electrons. The van der Waals surface area contributed by atoms with Crippen molar-refractivity contribution in [2.75, 3.05) is 31.1 Å². The van der Waals surface area contributed by atoms with Crippen molar-refractivity contribution in [2.24, 2.45) is 5.92 Å². The molecule has 4 nitrogen and oxygen atoms in total. The van der Waals surface area contributed by atoms with Gasteiger partial charge in [0.05, 0.1) is 11.7 Å². The molecule has 4 rings (SSSR count). The first kappa shape index (κ1) is 18.4. The van der Waals surface area contributed by atoms with Crippen molar-refractivity contribution in [3.8, 4) is 0 Å². The molecule has 0 bridgehead atoms. The third-order valence-electron chi connectivity index (χ3n) is 5.53. The molecule has 1 saturated carbocycles. The van der Waals surface area contributed by atoms with Crippen molar-refractivity contribution in [2.45, 2.75) is 31.8 Å². The molecule has 0 radical (unpaired) electrons. The zero-order valence-electron chi connectivity index (χ0n) is 15.6. The van der Waals surface area contributed by atoms with E-state index in [0.29, 0.717) is 5.69 Å². The molecule has 1 aromatic carbocycles. The second-order valence-corrected chi connectivity index (χ2v) is 8.49. The van der Waals surface area contributed by atoms with Crippen LogP contribution in [0.3, 0.4) is 0 Å². The molecule has 2 aromatic rings. The third kappa shape index (κ3) is 4.17. The van der Waals surface area contributed by atoms with E-state index in [0.717, 1.165) is 39.0 Å². The lowest BCUT2D eigenvalue weighted by atomic mass is 10.0.